The molecule has 3 aromatic rings. The molecule has 0 radical (unpaired) electrons. The number of aromatic nitrogens is 3. The van der Waals surface area contributed by atoms with Crippen molar-refractivity contribution in [2.45, 2.75) is 31.1 Å². The van der Waals surface area contributed by atoms with Crippen molar-refractivity contribution in [3.8, 4) is 28.6 Å². The number of H-pyrrole nitrogens is 1. The van der Waals surface area contributed by atoms with E-state index in [4.69, 9.17) is 18.9 Å². The summed E-state index contributed by atoms with van der Waals surface area (Å²) < 4.78 is 46.7. The van der Waals surface area contributed by atoms with Crippen molar-refractivity contribution < 1.29 is 32.5 Å². The highest BCUT2D eigenvalue weighted by atomic mass is 32.2. The smallest absolute Gasteiger partial charge is 0.237 e. The quantitative estimate of drug-likeness (QED) is 0.393. The van der Waals surface area contributed by atoms with Crippen LogP contribution in [0.25, 0.3) is 11.3 Å². The first-order chi connectivity index (χ1) is 17.3. The lowest BCUT2D eigenvalue weighted by Crippen LogP contribution is -2.18. The van der Waals surface area contributed by atoms with Crippen molar-refractivity contribution in [3.63, 3.8) is 0 Å². The minimum Gasteiger partial charge on any atom is -0.488 e. The molecule has 1 aliphatic rings. The van der Waals surface area contributed by atoms with Crippen LogP contribution in [0.15, 0.2) is 52.7 Å². The monoisotopic (exact) mass is 516 g/mol. The van der Waals surface area contributed by atoms with Gasteiger partial charge < -0.3 is 29.0 Å². The second kappa shape index (κ2) is 11.1. The van der Waals surface area contributed by atoms with Gasteiger partial charge in [-0.15, -0.1) is 0 Å². The number of rotatable bonds is 11. The highest BCUT2D eigenvalue weighted by molar-refractivity contribution is 7.91. The average molecular weight is 517 g/mol. The molecule has 0 fully saturated rings. The third-order valence-electron chi connectivity index (χ3n) is 5.29. The van der Waals surface area contributed by atoms with Gasteiger partial charge in [0.05, 0.1) is 37.9 Å². The minimum atomic E-state index is -3.47. The predicted molar refractivity (Wildman–Crippen MR) is 131 cm³/mol. The Morgan fingerprint density at radius 2 is 1.94 bits per heavy atom. The van der Waals surface area contributed by atoms with Crippen LogP contribution < -0.4 is 9.47 Å². The molecule has 0 saturated carbocycles. The fraction of sp³-hybridized carbons (Fsp3) is 0.375. The van der Waals surface area contributed by atoms with E-state index in [1.54, 1.807) is 26.2 Å². The van der Waals surface area contributed by atoms with Crippen molar-refractivity contribution in [2.75, 3.05) is 32.6 Å². The number of sulfone groups is 1. The lowest BCUT2D eigenvalue weighted by molar-refractivity contribution is 0.0920. The fourth-order valence-corrected chi connectivity index (χ4v) is 4.21. The molecule has 4 rings (SSSR count). The van der Waals surface area contributed by atoms with Crippen LogP contribution >= 0.6 is 0 Å². The van der Waals surface area contributed by atoms with Crippen LogP contribution in [0.4, 0.5) is 0 Å². The maximum absolute atomic E-state index is 12.0. The number of aliphatic hydroxyl groups excluding tert-OH is 1. The van der Waals surface area contributed by atoms with Gasteiger partial charge in [-0.3, -0.25) is 0 Å². The second-order valence-electron chi connectivity index (χ2n) is 8.13. The number of methoxy groups -OCH3 is 1. The van der Waals surface area contributed by atoms with Crippen LogP contribution in [0.2, 0.25) is 0 Å². The summed E-state index contributed by atoms with van der Waals surface area (Å²) in [6, 6.07) is 9.06. The molecule has 0 unspecified atom stereocenters. The summed E-state index contributed by atoms with van der Waals surface area (Å²) >= 11 is 0. The Bertz CT molecular complexity index is 1320. The zero-order valence-corrected chi connectivity index (χ0v) is 21.0. The second-order valence-corrected chi connectivity index (χ2v) is 10.4. The standard InChI is InChI=1S/C24H28N4O7S/c1-4-36(30,31)23-12-25-22(11-26-23)34-18-8-16(7-17(9-18)33-15(2)14-32-3)20-5-6-21(28-20)24-27-10-19(13-29)35-24/h5-9,11-12,15,19,28-29H,4,10,13-14H2,1-3H3/t15-,19+/m0/s1. The average Bonchev–Trinajstić information content (AvgIpc) is 3.54. The molecule has 2 N–H and O–H groups in total. The number of hydrogen-bond acceptors (Lipinski definition) is 10. The zero-order valence-electron chi connectivity index (χ0n) is 20.2. The number of nitrogens with zero attached hydrogens (tertiary/aromatic N) is 3. The van der Waals surface area contributed by atoms with E-state index in [1.807, 2.05) is 25.1 Å². The normalized spacial score (nSPS) is 16.3. The van der Waals surface area contributed by atoms with E-state index in [-0.39, 0.29) is 35.5 Å². The number of ether oxygens (including phenoxy) is 4. The largest absolute Gasteiger partial charge is 0.488 e. The number of benzene rings is 1. The Labute approximate surface area is 209 Å². The maximum atomic E-state index is 12.0. The molecule has 0 bridgehead atoms. The van der Waals surface area contributed by atoms with Crippen molar-refractivity contribution >= 4 is 15.7 Å². The Morgan fingerprint density at radius 3 is 2.61 bits per heavy atom. The maximum Gasteiger partial charge on any atom is 0.237 e. The summed E-state index contributed by atoms with van der Waals surface area (Å²) in [7, 11) is -1.87. The van der Waals surface area contributed by atoms with Crippen molar-refractivity contribution in [3.05, 3.63) is 48.4 Å². The Hall–Kier alpha value is -3.48. The lowest BCUT2D eigenvalue weighted by Gasteiger charge is -2.16. The first-order valence-electron chi connectivity index (χ1n) is 11.4. The van der Waals surface area contributed by atoms with E-state index in [0.29, 0.717) is 36.2 Å². The van der Waals surface area contributed by atoms with E-state index in [9.17, 15) is 13.5 Å². The van der Waals surface area contributed by atoms with Crippen LogP contribution in [0, 0.1) is 0 Å². The number of aromatic amines is 1. The molecule has 0 amide bonds. The zero-order chi connectivity index (χ0) is 25.7. The van der Waals surface area contributed by atoms with Crippen molar-refractivity contribution in [1.82, 2.24) is 15.0 Å². The number of aliphatic imine (C=N–C) groups is 1. The summed E-state index contributed by atoms with van der Waals surface area (Å²) in [4.78, 5) is 15.7. The molecule has 12 heteroatoms. The topological polar surface area (TPSA) is 145 Å². The van der Waals surface area contributed by atoms with E-state index in [0.717, 1.165) is 11.3 Å². The lowest BCUT2D eigenvalue weighted by atomic mass is 10.1. The predicted octanol–water partition coefficient (Wildman–Crippen LogP) is 2.61. The summed E-state index contributed by atoms with van der Waals surface area (Å²) in [5.74, 6) is 1.46. The van der Waals surface area contributed by atoms with Crippen molar-refractivity contribution in [2.24, 2.45) is 4.99 Å². The minimum absolute atomic E-state index is 0.0689. The molecular formula is C24H28N4O7S. The van der Waals surface area contributed by atoms with Gasteiger partial charge in [0.15, 0.2) is 14.9 Å². The first-order valence-corrected chi connectivity index (χ1v) is 13.0. The number of hydrogen-bond donors (Lipinski definition) is 2. The van der Waals surface area contributed by atoms with Gasteiger partial charge in [0.1, 0.15) is 29.4 Å². The van der Waals surface area contributed by atoms with Crippen LogP contribution in [-0.4, -0.2) is 79.2 Å². The van der Waals surface area contributed by atoms with E-state index < -0.39 is 9.84 Å². The van der Waals surface area contributed by atoms with Gasteiger partial charge in [-0.2, -0.15) is 0 Å². The molecule has 2 atom stereocenters. The SMILES string of the molecule is CCS(=O)(=O)c1cnc(Oc2cc(O[C@@H](C)COC)cc(-c3ccc(C4=NC[C@H](CO)O4)[nH]3)c2)cn1. The Kier molecular flexibility index (Phi) is 7.87. The number of aliphatic hydroxyl groups is 1. The van der Waals surface area contributed by atoms with Crippen LogP contribution in [-0.2, 0) is 19.3 Å². The molecule has 2 aromatic heterocycles. The van der Waals surface area contributed by atoms with Crippen LogP contribution in [0.3, 0.4) is 0 Å². The summed E-state index contributed by atoms with van der Waals surface area (Å²) in [5.41, 5.74) is 2.20. The van der Waals surface area contributed by atoms with Gasteiger partial charge in [-0.25, -0.2) is 23.4 Å². The molecule has 0 saturated heterocycles. The molecule has 0 aliphatic carbocycles. The molecule has 3 heterocycles. The third-order valence-corrected chi connectivity index (χ3v) is 6.90. The first kappa shape index (κ1) is 25.6. The highest BCUT2D eigenvalue weighted by Crippen LogP contribution is 2.32. The number of nitrogens with one attached hydrogen (secondary N) is 1. The van der Waals surface area contributed by atoms with Crippen LogP contribution in [0.1, 0.15) is 19.5 Å². The molecular weight excluding hydrogens is 488 g/mol. The van der Waals surface area contributed by atoms with Gasteiger partial charge in [-0.05, 0) is 31.2 Å². The Balaban J connectivity index is 1.62. The molecule has 11 nitrogen and oxygen atoms in total. The summed E-state index contributed by atoms with van der Waals surface area (Å²) in [6.07, 6.45) is 1.89. The fourth-order valence-electron chi connectivity index (χ4n) is 3.49. The van der Waals surface area contributed by atoms with E-state index >= 15 is 0 Å². The van der Waals surface area contributed by atoms with Gasteiger partial charge in [0.2, 0.25) is 11.8 Å². The highest BCUT2D eigenvalue weighted by Gasteiger charge is 2.22. The van der Waals surface area contributed by atoms with Gasteiger partial charge in [0.25, 0.3) is 0 Å². The van der Waals surface area contributed by atoms with Gasteiger partial charge in [0, 0.05) is 24.4 Å². The molecule has 1 aromatic carbocycles. The third kappa shape index (κ3) is 6.01. The molecule has 0 spiro atoms. The Morgan fingerprint density at radius 1 is 1.17 bits per heavy atom. The molecule has 1 aliphatic heterocycles. The van der Waals surface area contributed by atoms with Gasteiger partial charge in [-0.1, -0.05) is 6.92 Å². The molecule has 192 valence electrons. The van der Waals surface area contributed by atoms with Crippen LogP contribution in [0.5, 0.6) is 17.4 Å². The van der Waals surface area contributed by atoms with E-state index in [1.165, 1.54) is 12.4 Å². The summed E-state index contributed by atoms with van der Waals surface area (Å²) in [6.45, 7) is 4.12. The van der Waals surface area contributed by atoms with Gasteiger partial charge >= 0.3 is 0 Å². The van der Waals surface area contributed by atoms with Crippen molar-refractivity contribution in [1.29, 1.82) is 0 Å². The summed E-state index contributed by atoms with van der Waals surface area (Å²) in [5, 5.41) is 9.18. The van der Waals surface area contributed by atoms with E-state index in [2.05, 4.69) is 19.9 Å². The molecule has 36 heavy (non-hydrogen) atoms.